The molecule has 3 N–H and O–H groups in total. The molecule has 0 bridgehead atoms. The lowest BCUT2D eigenvalue weighted by molar-refractivity contribution is 0.103. The quantitative estimate of drug-likeness (QED) is 0.836. The first-order chi connectivity index (χ1) is 9.20. The van der Waals surface area contributed by atoms with Crippen LogP contribution in [0, 0.1) is 11.8 Å². The molecule has 0 saturated carbocycles. The maximum Gasteiger partial charge on any atom is 0.265 e. The molecule has 2 rings (SSSR count). The van der Waals surface area contributed by atoms with Gasteiger partial charge in [0, 0.05) is 10.6 Å². The summed E-state index contributed by atoms with van der Waals surface area (Å²) in [6, 6.07) is 8.74. The molecule has 0 saturated heterocycles. The van der Waals surface area contributed by atoms with Gasteiger partial charge in [-0.25, -0.2) is 0 Å². The average Bonchev–Trinajstić information content (AvgIpc) is 2.93. The zero-order valence-corrected chi connectivity index (χ0v) is 11.5. The number of hydrogen-bond acceptors (Lipinski definition) is 3. The summed E-state index contributed by atoms with van der Waals surface area (Å²) in [4.78, 5) is 12.6. The molecule has 1 heterocycles. The van der Waals surface area contributed by atoms with Crippen molar-refractivity contribution in [3.8, 4) is 11.8 Å². The molecule has 1 aromatic heterocycles. The van der Waals surface area contributed by atoms with Gasteiger partial charge in [-0.1, -0.05) is 29.5 Å². The lowest BCUT2D eigenvalue weighted by atomic mass is 10.1. The van der Waals surface area contributed by atoms with Gasteiger partial charge in [-0.2, -0.15) is 0 Å². The first-order valence-corrected chi connectivity index (χ1v) is 6.80. The van der Waals surface area contributed by atoms with Crippen LogP contribution in [0.4, 0.5) is 5.69 Å². The van der Waals surface area contributed by atoms with E-state index in [0.717, 1.165) is 0 Å². The molecule has 96 valence electrons. The van der Waals surface area contributed by atoms with Crippen molar-refractivity contribution in [3.63, 3.8) is 0 Å². The first kappa shape index (κ1) is 13.6. The van der Waals surface area contributed by atoms with Crippen molar-refractivity contribution >= 4 is 34.5 Å². The summed E-state index contributed by atoms with van der Waals surface area (Å²) in [5, 5.41) is 5.24. The fourth-order valence-corrected chi connectivity index (χ4v) is 2.26. The largest absolute Gasteiger partial charge is 0.320 e. The molecule has 0 atom stereocenters. The van der Waals surface area contributed by atoms with Gasteiger partial charge < -0.3 is 11.1 Å². The highest BCUT2D eigenvalue weighted by molar-refractivity contribution is 7.12. The zero-order valence-electron chi connectivity index (χ0n) is 9.94. The number of carbonyl (C=O) groups excluding carboxylic acids is 1. The van der Waals surface area contributed by atoms with Crippen LogP contribution in [0.3, 0.4) is 0 Å². The second-order valence-electron chi connectivity index (χ2n) is 3.63. The number of hydrogen-bond donors (Lipinski definition) is 2. The molecule has 3 nitrogen and oxygen atoms in total. The number of nitrogens with two attached hydrogens (primary N) is 1. The van der Waals surface area contributed by atoms with E-state index in [-0.39, 0.29) is 12.5 Å². The molecule has 19 heavy (non-hydrogen) atoms. The fraction of sp³-hybridized carbons (Fsp3) is 0.0714. The lowest BCUT2D eigenvalue weighted by Gasteiger charge is -2.06. The third-order valence-corrected chi connectivity index (χ3v) is 3.40. The molecule has 5 heteroatoms. The van der Waals surface area contributed by atoms with Gasteiger partial charge in [0.1, 0.15) is 0 Å². The third kappa shape index (κ3) is 3.58. The van der Waals surface area contributed by atoms with Gasteiger partial charge in [0.05, 0.1) is 17.1 Å². The Kier molecular flexibility index (Phi) is 4.58. The summed E-state index contributed by atoms with van der Waals surface area (Å²) < 4.78 is 0. The minimum atomic E-state index is -0.159. The van der Waals surface area contributed by atoms with E-state index >= 15 is 0 Å². The van der Waals surface area contributed by atoms with E-state index in [1.54, 1.807) is 24.3 Å². The number of halogens is 1. The fourth-order valence-electron chi connectivity index (χ4n) is 1.47. The van der Waals surface area contributed by atoms with E-state index in [9.17, 15) is 4.79 Å². The van der Waals surface area contributed by atoms with Crippen molar-refractivity contribution in [1.29, 1.82) is 0 Å². The molecule has 0 aliphatic rings. The van der Waals surface area contributed by atoms with Crippen LogP contribution in [-0.4, -0.2) is 12.5 Å². The Hall–Kier alpha value is -1.80. The van der Waals surface area contributed by atoms with E-state index in [4.69, 9.17) is 17.3 Å². The summed E-state index contributed by atoms with van der Waals surface area (Å²) in [5.41, 5.74) is 6.63. The van der Waals surface area contributed by atoms with E-state index in [1.807, 2.05) is 11.4 Å². The Morgan fingerprint density at radius 3 is 2.95 bits per heavy atom. The Balaban J connectivity index is 2.27. The monoisotopic (exact) mass is 290 g/mol. The lowest BCUT2D eigenvalue weighted by Crippen LogP contribution is -2.11. The van der Waals surface area contributed by atoms with Crippen molar-refractivity contribution in [2.75, 3.05) is 11.9 Å². The molecule has 0 radical (unpaired) electrons. The number of nitrogens with one attached hydrogen (secondary N) is 1. The van der Waals surface area contributed by atoms with Gasteiger partial charge in [0.25, 0.3) is 5.91 Å². The van der Waals surface area contributed by atoms with Gasteiger partial charge in [-0.05, 0) is 29.6 Å². The van der Waals surface area contributed by atoms with E-state index in [2.05, 4.69) is 17.2 Å². The smallest absolute Gasteiger partial charge is 0.265 e. The van der Waals surface area contributed by atoms with E-state index in [0.29, 0.717) is 21.2 Å². The highest BCUT2D eigenvalue weighted by atomic mass is 35.5. The molecule has 0 spiro atoms. The Labute approximate surface area is 120 Å². The number of rotatable bonds is 2. The molecule has 0 unspecified atom stereocenters. The van der Waals surface area contributed by atoms with Crippen molar-refractivity contribution < 1.29 is 4.79 Å². The number of anilines is 1. The summed E-state index contributed by atoms with van der Waals surface area (Å²) in [6.45, 7) is 0.255. The van der Waals surface area contributed by atoms with Crippen LogP contribution in [0.5, 0.6) is 0 Å². The standard InChI is InChI=1S/C14H11ClN2OS/c15-11-5-6-12(10(9-11)3-1-7-16)17-14(18)13-4-2-8-19-13/h2,4-6,8-9H,7,16H2,(H,17,18). The number of benzene rings is 1. The summed E-state index contributed by atoms with van der Waals surface area (Å²) in [7, 11) is 0. The van der Waals surface area contributed by atoms with Crippen LogP contribution in [-0.2, 0) is 0 Å². The van der Waals surface area contributed by atoms with Crippen LogP contribution >= 0.6 is 22.9 Å². The molecule has 1 amide bonds. The number of amides is 1. The predicted molar refractivity (Wildman–Crippen MR) is 79.7 cm³/mol. The molecular weight excluding hydrogens is 280 g/mol. The summed E-state index contributed by atoms with van der Waals surface area (Å²) in [5.74, 6) is 5.49. The Morgan fingerprint density at radius 2 is 2.26 bits per heavy atom. The van der Waals surface area contributed by atoms with E-state index in [1.165, 1.54) is 11.3 Å². The van der Waals surface area contributed by atoms with Crippen LogP contribution in [0.25, 0.3) is 0 Å². The molecular formula is C14H11ClN2OS. The SMILES string of the molecule is NCC#Cc1cc(Cl)ccc1NC(=O)c1cccs1. The maximum atomic E-state index is 12.0. The molecule has 0 fully saturated rings. The highest BCUT2D eigenvalue weighted by Crippen LogP contribution is 2.21. The Morgan fingerprint density at radius 1 is 1.42 bits per heavy atom. The van der Waals surface area contributed by atoms with Crippen LogP contribution in [0.2, 0.25) is 5.02 Å². The Bertz CT molecular complexity index is 641. The molecule has 0 aliphatic carbocycles. The summed E-state index contributed by atoms with van der Waals surface area (Å²) >= 11 is 7.31. The van der Waals surface area contributed by atoms with Gasteiger partial charge in [0.2, 0.25) is 0 Å². The van der Waals surface area contributed by atoms with Crippen LogP contribution in [0.15, 0.2) is 35.7 Å². The minimum Gasteiger partial charge on any atom is -0.320 e. The summed E-state index contributed by atoms with van der Waals surface area (Å²) in [6.07, 6.45) is 0. The predicted octanol–water partition coefficient (Wildman–Crippen LogP) is 2.96. The topological polar surface area (TPSA) is 55.1 Å². The number of carbonyl (C=O) groups is 1. The highest BCUT2D eigenvalue weighted by Gasteiger charge is 2.09. The normalized spacial score (nSPS) is 9.58. The van der Waals surface area contributed by atoms with Crippen molar-refractivity contribution in [3.05, 3.63) is 51.2 Å². The van der Waals surface area contributed by atoms with E-state index < -0.39 is 0 Å². The van der Waals surface area contributed by atoms with Crippen LogP contribution < -0.4 is 11.1 Å². The molecule has 1 aromatic carbocycles. The average molecular weight is 291 g/mol. The maximum absolute atomic E-state index is 12.0. The van der Waals surface area contributed by atoms with Crippen molar-refractivity contribution in [1.82, 2.24) is 0 Å². The second-order valence-corrected chi connectivity index (χ2v) is 5.01. The van der Waals surface area contributed by atoms with Crippen molar-refractivity contribution in [2.45, 2.75) is 0 Å². The van der Waals surface area contributed by atoms with Gasteiger partial charge in [-0.15, -0.1) is 11.3 Å². The van der Waals surface area contributed by atoms with Gasteiger partial charge in [0.15, 0.2) is 0 Å². The molecule has 2 aromatic rings. The van der Waals surface area contributed by atoms with Crippen molar-refractivity contribution in [2.24, 2.45) is 5.73 Å². The number of thiophene rings is 1. The second kappa shape index (κ2) is 6.39. The first-order valence-electron chi connectivity index (χ1n) is 5.54. The third-order valence-electron chi connectivity index (χ3n) is 2.30. The van der Waals surface area contributed by atoms with Gasteiger partial charge >= 0.3 is 0 Å². The molecule has 0 aliphatic heterocycles. The van der Waals surface area contributed by atoms with Crippen LogP contribution in [0.1, 0.15) is 15.2 Å². The minimum absolute atomic E-state index is 0.159. The zero-order chi connectivity index (χ0) is 13.7. The van der Waals surface area contributed by atoms with Gasteiger partial charge in [-0.3, -0.25) is 4.79 Å².